The molecule has 3 N–H and O–H groups in total. The molecule has 5 rings (SSSR count). The smallest absolute Gasteiger partial charge is 0.335 e. The first-order chi connectivity index (χ1) is 17.3. The van der Waals surface area contributed by atoms with Gasteiger partial charge in [0.15, 0.2) is 0 Å². The third-order valence-corrected chi connectivity index (χ3v) is 9.44. The number of anilines is 1. The summed E-state index contributed by atoms with van der Waals surface area (Å²) in [6.45, 7) is 2.71. The molecule has 4 heterocycles. The van der Waals surface area contributed by atoms with E-state index in [1.54, 1.807) is 0 Å². The molecule has 10 nitrogen and oxygen atoms in total. The molecule has 192 valence electrons. The molecule has 0 spiro atoms. The summed E-state index contributed by atoms with van der Waals surface area (Å²) < 4.78 is 30.5. The number of fused-ring (bicyclic) bond motifs is 1. The lowest BCUT2D eigenvalue weighted by molar-refractivity contribution is 0.0636. The summed E-state index contributed by atoms with van der Waals surface area (Å²) >= 11 is 3.22. The number of hydrogen-bond donors (Lipinski definition) is 3. The molecule has 0 bridgehead atoms. The quantitative estimate of drug-likeness (QED) is 0.343. The Labute approximate surface area is 217 Å². The molecule has 0 saturated heterocycles. The SMILES string of the molecule is CNS(=O)(=O)O[C@@H]1C[C@H](Nc2ncncc2C(=O)c2cc(CN3CCc4sccc4C3)cs2)C[C@@H]1O. The van der Waals surface area contributed by atoms with Gasteiger partial charge >= 0.3 is 10.3 Å². The van der Waals surface area contributed by atoms with E-state index in [1.165, 1.54) is 41.3 Å². The van der Waals surface area contributed by atoms with E-state index in [0.29, 0.717) is 16.3 Å². The van der Waals surface area contributed by atoms with Gasteiger partial charge < -0.3 is 10.4 Å². The number of carbonyl (C=O) groups is 1. The van der Waals surface area contributed by atoms with Gasteiger partial charge in [-0.1, -0.05) is 0 Å². The number of rotatable bonds is 9. The summed E-state index contributed by atoms with van der Waals surface area (Å²) in [5.41, 5.74) is 2.81. The Hall–Kier alpha value is -2.26. The van der Waals surface area contributed by atoms with Crippen LogP contribution in [-0.4, -0.2) is 66.0 Å². The van der Waals surface area contributed by atoms with Gasteiger partial charge in [0.05, 0.1) is 16.5 Å². The van der Waals surface area contributed by atoms with Crippen LogP contribution < -0.4 is 10.0 Å². The van der Waals surface area contributed by atoms with Crippen LogP contribution in [0.3, 0.4) is 0 Å². The minimum Gasteiger partial charge on any atom is -0.390 e. The highest BCUT2D eigenvalue weighted by Crippen LogP contribution is 2.30. The molecule has 3 atom stereocenters. The van der Waals surface area contributed by atoms with Gasteiger partial charge in [0, 0.05) is 43.8 Å². The average Bonchev–Trinajstić information content (AvgIpc) is 3.59. The van der Waals surface area contributed by atoms with E-state index < -0.39 is 22.5 Å². The number of aliphatic hydroxyl groups is 1. The number of thiophene rings is 2. The number of nitrogens with zero attached hydrogens (tertiary/aromatic N) is 3. The molecule has 1 aliphatic carbocycles. The van der Waals surface area contributed by atoms with Crippen LogP contribution in [0.1, 0.15) is 44.1 Å². The van der Waals surface area contributed by atoms with E-state index in [-0.39, 0.29) is 24.7 Å². The fourth-order valence-electron chi connectivity index (χ4n) is 4.62. The van der Waals surface area contributed by atoms with Crippen LogP contribution >= 0.6 is 22.7 Å². The number of nitrogens with one attached hydrogen (secondary N) is 2. The van der Waals surface area contributed by atoms with E-state index >= 15 is 0 Å². The van der Waals surface area contributed by atoms with Gasteiger partial charge in [-0.2, -0.15) is 13.1 Å². The van der Waals surface area contributed by atoms with Crippen LogP contribution in [0.2, 0.25) is 0 Å². The third-order valence-electron chi connectivity index (χ3n) is 6.44. The van der Waals surface area contributed by atoms with Crippen LogP contribution in [-0.2, 0) is 34.0 Å². The molecule has 0 radical (unpaired) electrons. The zero-order valence-electron chi connectivity index (χ0n) is 19.6. The Bertz CT molecular complexity index is 1340. The second kappa shape index (κ2) is 10.6. The zero-order chi connectivity index (χ0) is 25.3. The van der Waals surface area contributed by atoms with Crippen molar-refractivity contribution < 1.29 is 22.5 Å². The molecule has 1 saturated carbocycles. The Morgan fingerprint density at radius 2 is 2.19 bits per heavy atom. The Kier molecular flexibility index (Phi) is 7.49. The summed E-state index contributed by atoms with van der Waals surface area (Å²) in [5, 5.41) is 17.6. The van der Waals surface area contributed by atoms with E-state index in [9.17, 15) is 18.3 Å². The summed E-state index contributed by atoms with van der Waals surface area (Å²) in [4.78, 5) is 26.1. The van der Waals surface area contributed by atoms with Crippen molar-refractivity contribution in [2.45, 2.75) is 50.6 Å². The first-order valence-corrected chi connectivity index (χ1v) is 14.7. The van der Waals surface area contributed by atoms with Crippen LogP contribution in [0.4, 0.5) is 5.82 Å². The number of aliphatic hydroxyl groups excluding tert-OH is 1. The van der Waals surface area contributed by atoms with Gasteiger partial charge in [-0.25, -0.2) is 9.97 Å². The van der Waals surface area contributed by atoms with Crippen molar-refractivity contribution in [1.82, 2.24) is 19.6 Å². The lowest BCUT2D eigenvalue weighted by atomic mass is 10.1. The van der Waals surface area contributed by atoms with Crippen LogP contribution in [0.25, 0.3) is 0 Å². The average molecular weight is 550 g/mol. The van der Waals surface area contributed by atoms with Gasteiger partial charge in [-0.3, -0.25) is 13.9 Å². The summed E-state index contributed by atoms with van der Waals surface area (Å²) in [6, 6.07) is 3.80. The van der Waals surface area contributed by atoms with E-state index in [4.69, 9.17) is 4.18 Å². The Morgan fingerprint density at radius 1 is 1.33 bits per heavy atom. The predicted molar refractivity (Wildman–Crippen MR) is 137 cm³/mol. The lowest BCUT2D eigenvalue weighted by Gasteiger charge is -2.26. The monoisotopic (exact) mass is 549 g/mol. The number of aromatic nitrogens is 2. The minimum absolute atomic E-state index is 0.183. The highest BCUT2D eigenvalue weighted by molar-refractivity contribution is 7.84. The maximum atomic E-state index is 13.3. The standard InChI is InChI=1S/C23H27N5O5S3/c1-24-36(31,32)33-19-8-16(7-18(19)29)27-23-17(9-25-13-26-23)22(30)21-6-14(12-35-21)10-28-4-2-20-15(11-28)3-5-34-20/h3,5-6,9,12-13,16,18-19,24,29H,2,4,7-8,10-11H2,1H3,(H,25,26,27)/t16-,18+,19-/m1/s1. The predicted octanol–water partition coefficient (Wildman–Crippen LogP) is 2.17. The van der Waals surface area contributed by atoms with Crippen LogP contribution in [0.15, 0.2) is 35.4 Å². The minimum atomic E-state index is -3.93. The summed E-state index contributed by atoms with van der Waals surface area (Å²) in [6.07, 6.45) is 2.52. The van der Waals surface area contributed by atoms with Crippen molar-refractivity contribution in [3.8, 4) is 0 Å². The van der Waals surface area contributed by atoms with E-state index in [0.717, 1.165) is 31.6 Å². The highest BCUT2D eigenvalue weighted by atomic mass is 32.2. The molecule has 1 aliphatic heterocycles. The van der Waals surface area contributed by atoms with Crippen molar-refractivity contribution in [3.05, 3.63) is 61.9 Å². The zero-order valence-corrected chi connectivity index (χ0v) is 22.0. The largest absolute Gasteiger partial charge is 0.390 e. The van der Waals surface area contributed by atoms with E-state index in [1.807, 2.05) is 22.8 Å². The van der Waals surface area contributed by atoms with Crippen molar-refractivity contribution in [1.29, 1.82) is 0 Å². The maximum Gasteiger partial charge on any atom is 0.335 e. The third kappa shape index (κ3) is 5.67. The van der Waals surface area contributed by atoms with Gasteiger partial charge in [-0.05, 0) is 53.3 Å². The number of ketones is 1. The normalized spacial score (nSPS) is 22.4. The molecular formula is C23H27N5O5S3. The molecule has 0 amide bonds. The van der Waals surface area contributed by atoms with Gasteiger partial charge in [-0.15, -0.1) is 22.7 Å². The van der Waals surface area contributed by atoms with Crippen LogP contribution in [0.5, 0.6) is 0 Å². The summed E-state index contributed by atoms with van der Waals surface area (Å²) in [7, 11) is -2.69. The van der Waals surface area contributed by atoms with Crippen molar-refractivity contribution in [3.63, 3.8) is 0 Å². The first kappa shape index (κ1) is 25.4. The molecule has 3 aromatic heterocycles. The van der Waals surface area contributed by atoms with Crippen molar-refractivity contribution >= 4 is 44.6 Å². The molecule has 1 fully saturated rings. The highest BCUT2D eigenvalue weighted by Gasteiger charge is 2.37. The molecular weight excluding hydrogens is 522 g/mol. The molecule has 0 unspecified atom stereocenters. The molecule has 2 aliphatic rings. The molecule has 36 heavy (non-hydrogen) atoms. The number of hydrogen-bond acceptors (Lipinski definition) is 11. The fraction of sp³-hybridized carbons (Fsp3) is 0.435. The first-order valence-electron chi connectivity index (χ1n) is 11.6. The summed E-state index contributed by atoms with van der Waals surface area (Å²) in [5.74, 6) is 0.164. The second-order valence-electron chi connectivity index (χ2n) is 8.94. The van der Waals surface area contributed by atoms with Crippen molar-refractivity contribution in [2.24, 2.45) is 0 Å². The Balaban J connectivity index is 1.25. The van der Waals surface area contributed by atoms with Gasteiger partial charge in [0.25, 0.3) is 0 Å². The molecule has 0 aromatic carbocycles. The lowest BCUT2D eigenvalue weighted by Crippen LogP contribution is -2.31. The van der Waals surface area contributed by atoms with Crippen molar-refractivity contribution in [2.75, 3.05) is 18.9 Å². The van der Waals surface area contributed by atoms with Gasteiger partial charge in [0.1, 0.15) is 18.2 Å². The topological polar surface area (TPSA) is 134 Å². The fourth-order valence-corrected chi connectivity index (χ4v) is 7.00. The molecule has 13 heteroatoms. The molecule has 3 aromatic rings. The second-order valence-corrected chi connectivity index (χ2v) is 12.4. The Morgan fingerprint density at radius 3 is 3.03 bits per heavy atom. The maximum absolute atomic E-state index is 13.3. The van der Waals surface area contributed by atoms with Gasteiger partial charge in [0.2, 0.25) is 5.78 Å². The number of carbonyl (C=O) groups excluding carboxylic acids is 1. The van der Waals surface area contributed by atoms with E-state index in [2.05, 4.69) is 36.4 Å². The van der Waals surface area contributed by atoms with Crippen LogP contribution in [0, 0.1) is 0 Å².